The third kappa shape index (κ3) is 2.26. The minimum atomic E-state index is 0.138. The van der Waals surface area contributed by atoms with Crippen molar-refractivity contribution in [1.82, 2.24) is 0 Å². The zero-order valence-electron chi connectivity index (χ0n) is 10.3. The van der Waals surface area contributed by atoms with Crippen molar-refractivity contribution in [1.29, 1.82) is 0 Å². The van der Waals surface area contributed by atoms with Gasteiger partial charge in [-0.05, 0) is 55.3 Å². The van der Waals surface area contributed by atoms with Crippen molar-refractivity contribution in [2.75, 3.05) is 0 Å². The predicted octanol–water partition coefficient (Wildman–Crippen LogP) is 4.28. The van der Waals surface area contributed by atoms with Gasteiger partial charge in [0.05, 0.1) is 0 Å². The fourth-order valence-corrected chi connectivity index (χ4v) is 6.26. The first kappa shape index (κ1) is 11.9. The molecule has 5 radical (unpaired) electrons. The lowest BCUT2D eigenvalue weighted by Crippen LogP contribution is -2.39. The van der Waals surface area contributed by atoms with Gasteiger partial charge in [0.1, 0.15) is 0 Å². The molecule has 1 heteroatoms. The second kappa shape index (κ2) is 4.74. The molecule has 2 aliphatic rings. The van der Waals surface area contributed by atoms with Crippen LogP contribution >= 0.6 is 7.92 Å². The van der Waals surface area contributed by atoms with E-state index in [1.165, 1.54) is 6.42 Å². The van der Waals surface area contributed by atoms with Crippen LogP contribution in [0.5, 0.6) is 0 Å². The highest BCUT2D eigenvalue weighted by Crippen LogP contribution is 2.72. The van der Waals surface area contributed by atoms with E-state index in [4.69, 9.17) is 0 Å². The summed E-state index contributed by atoms with van der Waals surface area (Å²) in [7, 11) is 0.138. The van der Waals surface area contributed by atoms with Gasteiger partial charge in [0, 0.05) is 5.66 Å². The Morgan fingerprint density at radius 1 is 1.00 bits per heavy atom. The Hall–Kier alpha value is 0.430. The maximum atomic E-state index is 2.39. The van der Waals surface area contributed by atoms with Crippen LogP contribution in [0.2, 0.25) is 0 Å². The van der Waals surface area contributed by atoms with Gasteiger partial charge in [-0.3, -0.25) is 0 Å². The summed E-state index contributed by atoms with van der Waals surface area (Å²) in [4.78, 5) is 0. The molecule has 0 bridgehead atoms. The van der Waals surface area contributed by atoms with Crippen LogP contribution in [-0.2, 0) is 0 Å². The lowest BCUT2D eigenvalue weighted by Gasteiger charge is -2.52. The van der Waals surface area contributed by atoms with Crippen LogP contribution in [0.25, 0.3) is 0 Å². The molecule has 0 amide bonds. The largest absolute Gasteiger partial charge is 0.0918 e. The molecule has 1 saturated heterocycles. The van der Waals surface area contributed by atoms with Gasteiger partial charge in [-0.2, -0.15) is 0 Å². The van der Waals surface area contributed by atoms with Crippen LogP contribution in [0.3, 0.4) is 0 Å². The summed E-state index contributed by atoms with van der Waals surface area (Å²) in [6.45, 7) is 9.55. The molecule has 0 N–H and O–H groups in total. The second-order valence-electron chi connectivity index (χ2n) is 5.41. The van der Waals surface area contributed by atoms with Gasteiger partial charge in [-0.25, -0.2) is 0 Å². The smallest absolute Gasteiger partial charge is 0.00805 e. The van der Waals surface area contributed by atoms with Crippen LogP contribution in [0.1, 0.15) is 34.1 Å². The zero-order valence-corrected chi connectivity index (χ0v) is 11.2. The molecule has 0 aromatic rings. The number of hydrogen-bond donors (Lipinski definition) is 0. The molecular weight excluding hydrogens is 199 g/mol. The van der Waals surface area contributed by atoms with E-state index in [1.807, 2.05) is 0 Å². The summed E-state index contributed by atoms with van der Waals surface area (Å²) in [6, 6.07) is 0. The number of hydrogen-bond acceptors (Lipinski definition) is 0. The van der Waals surface area contributed by atoms with Crippen LogP contribution in [0.15, 0.2) is 0 Å². The van der Waals surface area contributed by atoms with Gasteiger partial charge in [0.15, 0.2) is 0 Å². The molecule has 83 valence electrons. The fraction of sp³-hybridized carbons (Fsp3) is 0.643. The van der Waals surface area contributed by atoms with Crippen molar-refractivity contribution in [2.24, 2.45) is 11.8 Å². The van der Waals surface area contributed by atoms with Crippen molar-refractivity contribution >= 4 is 7.92 Å². The predicted molar refractivity (Wildman–Crippen MR) is 69.2 cm³/mol. The molecule has 15 heavy (non-hydrogen) atoms. The third-order valence-corrected chi connectivity index (χ3v) is 7.62. The van der Waals surface area contributed by atoms with Crippen molar-refractivity contribution in [3.05, 3.63) is 31.3 Å². The molecule has 1 aliphatic heterocycles. The van der Waals surface area contributed by atoms with Gasteiger partial charge >= 0.3 is 0 Å². The van der Waals surface area contributed by atoms with Gasteiger partial charge in [-0.1, -0.05) is 35.6 Å². The van der Waals surface area contributed by atoms with Gasteiger partial charge in [-0.15, -0.1) is 0 Å². The van der Waals surface area contributed by atoms with E-state index < -0.39 is 0 Å². The Labute approximate surface area is 97.0 Å². The Morgan fingerprint density at radius 2 is 1.47 bits per heavy atom. The molecule has 0 aromatic carbocycles. The first-order chi connectivity index (χ1) is 7.11. The van der Waals surface area contributed by atoms with Crippen LogP contribution in [0.4, 0.5) is 0 Å². The maximum Gasteiger partial charge on any atom is 0.00805 e. The van der Waals surface area contributed by atoms with Crippen LogP contribution in [0, 0.1) is 43.2 Å². The lowest BCUT2D eigenvalue weighted by atomic mass is 9.98. The van der Waals surface area contributed by atoms with E-state index in [1.54, 1.807) is 5.66 Å². The Bertz CT molecular complexity index is 187. The topological polar surface area (TPSA) is 0 Å². The number of rotatable bonds is 3. The summed E-state index contributed by atoms with van der Waals surface area (Å²) in [5.41, 5.74) is 3.61. The molecule has 1 aliphatic carbocycles. The maximum absolute atomic E-state index is 2.39. The second-order valence-corrected chi connectivity index (χ2v) is 8.07. The first-order valence-electron chi connectivity index (χ1n) is 6.11. The lowest BCUT2D eigenvalue weighted by molar-refractivity contribution is 0.445. The summed E-state index contributed by atoms with van der Waals surface area (Å²) in [6.07, 6.45) is 10.5. The van der Waals surface area contributed by atoms with Crippen LogP contribution in [-0.4, -0.2) is 11.3 Å². The van der Waals surface area contributed by atoms with Gasteiger partial charge in [0.2, 0.25) is 0 Å². The van der Waals surface area contributed by atoms with E-state index in [9.17, 15) is 0 Å². The Balaban J connectivity index is 2.01. The summed E-state index contributed by atoms with van der Waals surface area (Å²) in [5, 5.41) is 0. The molecule has 1 saturated carbocycles. The Kier molecular flexibility index (Phi) is 3.76. The van der Waals surface area contributed by atoms with Gasteiger partial charge in [0.25, 0.3) is 0 Å². The highest BCUT2D eigenvalue weighted by molar-refractivity contribution is 7.64. The summed E-state index contributed by atoms with van der Waals surface area (Å²) < 4.78 is 0. The zero-order chi connectivity index (χ0) is 11.0. The highest BCUT2D eigenvalue weighted by Gasteiger charge is 2.47. The average molecular weight is 221 g/mol. The van der Waals surface area contributed by atoms with E-state index in [-0.39, 0.29) is 7.92 Å². The van der Waals surface area contributed by atoms with Crippen molar-refractivity contribution in [3.8, 4) is 0 Å². The Morgan fingerprint density at radius 3 is 1.87 bits per heavy atom. The van der Waals surface area contributed by atoms with E-state index in [0.717, 1.165) is 23.2 Å². The van der Waals surface area contributed by atoms with Crippen molar-refractivity contribution in [3.63, 3.8) is 0 Å². The normalized spacial score (nSPS) is 34.0. The fourth-order valence-electron chi connectivity index (χ4n) is 2.69. The highest BCUT2D eigenvalue weighted by atomic mass is 31.1. The van der Waals surface area contributed by atoms with Gasteiger partial charge < -0.3 is 0 Å². The molecule has 0 unspecified atom stereocenters. The molecular formula is C14H22P. The van der Waals surface area contributed by atoms with E-state index in [0.29, 0.717) is 0 Å². The summed E-state index contributed by atoms with van der Waals surface area (Å²) in [5.74, 6) is 1.72. The average Bonchev–Trinajstić information content (AvgIpc) is 2.53. The monoisotopic (exact) mass is 221 g/mol. The van der Waals surface area contributed by atoms with E-state index >= 15 is 0 Å². The molecule has 0 nitrogen and oxygen atoms in total. The molecule has 2 fully saturated rings. The quantitative estimate of drug-likeness (QED) is 0.624. The molecule has 2 atom stereocenters. The standard InChI is InChI=1S/C14H22P/c1-10(2)13-9-14(11(3)4)15(13)12-7-5-6-8-12/h5-8,10-11,13-14H,9H2,1-4H3/t13-,14-/m1/s1. The SMILES string of the molecule is CC(C)[C@H]1C[C@H](C(C)C)P1[C]1[CH][CH][CH][CH]1. The minimum absolute atomic E-state index is 0.138. The molecule has 2 rings (SSSR count). The third-order valence-electron chi connectivity index (χ3n) is 3.68. The first-order valence-corrected chi connectivity index (χ1v) is 7.59. The molecule has 0 spiro atoms. The summed E-state index contributed by atoms with van der Waals surface area (Å²) >= 11 is 0. The van der Waals surface area contributed by atoms with E-state index in [2.05, 4.69) is 53.4 Å². The molecule has 1 heterocycles. The van der Waals surface area contributed by atoms with Crippen molar-refractivity contribution in [2.45, 2.75) is 45.4 Å². The molecule has 0 aromatic heterocycles. The van der Waals surface area contributed by atoms with Crippen LogP contribution < -0.4 is 0 Å². The van der Waals surface area contributed by atoms with Crippen molar-refractivity contribution < 1.29 is 0 Å². The minimum Gasteiger partial charge on any atom is -0.0918 e.